The number of hydrogen-bond acceptors (Lipinski definition) is 3. The Morgan fingerprint density at radius 1 is 1.77 bits per heavy atom. The van der Waals surface area contributed by atoms with Crippen molar-refractivity contribution in [3.05, 3.63) is 16.9 Å². The van der Waals surface area contributed by atoms with E-state index in [4.69, 9.17) is 22.1 Å². The number of methoxy groups -OCH3 is 1. The Morgan fingerprint density at radius 2 is 2.46 bits per heavy atom. The average molecular weight is 204 g/mol. The largest absolute Gasteiger partial charge is 0.383 e. The smallest absolute Gasteiger partial charge is 0.0814 e. The highest BCUT2D eigenvalue weighted by Crippen LogP contribution is 2.13. The van der Waals surface area contributed by atoms with Crippen LogP contribution >= 0.6 is 11.6 Å². The van der Waals surface area contributed by atoms with Crippen LogP contribution in [0, 0.1) is 6.92 Å². The molecule has 0 fully saturated rings. The van der Waals surface area contributed by atoms with Crippen molar-refractivity contribution in [3.63, 3.8) is 0 Å². The van der Waals surface area contributed by atoms with Gasteiger partial charge in [-0.15, -0.1) is 0 Å². The van der Waals surface area contributed by atoms with Gasteiger partial charge in [-0.2, -0.15) is 5.10 Å². The molecule has 1 atom stereocenters. The molecule has 13 heavy (non-hydrogen) atoms. The predicted molar refractivity (Wildman–Crippen MR) is 51.8 cm³/mol. The summed E-state index contributed by atoms with van der Waals surface area (Å²) in [6, 6.07) is -0.0420. The van der Waals surface area contributed by atoms with Gasteiger partial charge in [-0.25, -0.2) is 0 Å². The Morgan fingerprint density at radius 3 is 2.92 bits per heavy atom. The molecular weight excluding hydrogens is 190 g/mol. The molecule has 0 saturated heterocycles. The summed E-state index contributed by atoms with van der Waals surface area (Å²) in [5, 5.41) is 4.76. The summed E-state index contributed by atoms with van der Waals surface area (Å²) in [5.74, 6) is 0. The van der Waals surface area contributed by atoms with Gasteiger partial charge >= 0.3 is 0 Å². The van der Waals surface area contributed by atoms with E-state index in [0.717, 1.165) is 5.69 Å². The first-order valence-electron chi connectivity index (χ1n) is 4.07. The van der Waals surface area contributed by atoms with Crippen molar-refractivity contribution in [2.75, 3.05) is 13.7 Å². The molecule has 74 valence electrons. The minimum Gasteiger partial charge on any atom is -0.383 e. The molecule has 2 N–H and O–H groups in total. The van der Waals surface area contributed by atoms with E-state index in [-0.39, 0.29) is 6.04 Å². The first kappa shape index (κ1) is 10.5. The number of rotatable bonds is 4. The van der Waals surface area contributed by atoms with Gasteiger partial charge in [0.15, 0.2) is 0 Å². The normalized spacial score (nSPS) is 13.2. The monoisotopic (exact) mass is 203 g/mol. The van der Waals surface area contributed by atoms with Crippen LogP contribution in [0.25, 0.3) is 0 Å². The van der Waals surface area contributed by atoms with Gasteiger partial charge < -0.3 is 10.5 Å². The van der Waals surface area contributed by atoms with Crippen LogP contribution < -0.4 is 5.73 Å². The van der Waals surface area contributed by atoms with Gasteiger partial charge in [0.25, 0.3) is 0 Å². The highest BCUT2D eigenvalue weighted by molar-refractivity contribution is 6.31. The van der Waals surface area contributed by atoms with Gasteiger partial charge in [-0.3, -0.25) is 4.68 Å². The fourth-order valence-corrected chi connectivity index (χ4v) is 1.24. The first-order valence-corrected chi connectivity index (χ1v) is 4.45. The molecule has 4 nitrogen and oxygen atoms in total. The molecule has 0 radical (unpaired) electrons. The van der Waals surface area contributed by atoms with E-state index >= 15 is 0 Å². The van der Waals surface area contributed by atoms with Crippen LogP contribution in [0.2, 0.25) is 5.02 Å². The van der Waals surface area contributed by atoms with Gasteiger partial charge in [0.2, 0.25) is 0 Å². The topological polar surface area (TPSA) is 53.1 Å². The molecule has 0 bridgehead atoms. The maximum absolute atomic E-state index is 5.83. The highest BCUT2D eigenvalue weighted by atomic mass is 35.5. The third-order valence-corrected chi connectivity index (χ3v) is 2.20. The van der Waals surface area contributed by atoms with Crippen LogP contribution in [0.5, 0.6) is 0 Å². The summed E-state index contributed by atoms with van der Waals surface area (Å²) < 4.78 is 6.71. The zero-order valence-electron chi connectivity index (χ0n) is 7.83. The molecular formula is C8H14ClN3O. The molecule has 0 saturated carbocycles. The van der Waals surface area contributed by atoms with Crippen molar-refractivity contribution in [1.82, 2.24) is 9.78 Å². The van der Waals surface area contributed by atoms with Gasteiger partial charge in [-0.1, -0.05) is 11.6 Å². The summed E-state index contributed by atoms with van der Waals surface area (Å²) in [4.78, 5) is 0. The predicted octanol–water partition coefficient (Wildman–Crippen LogP) is 0.819. The molecule has 5 heteroatoms. The number of nitrogens with zero attached hydrogens (tertiary/aromatic N) is 2. The summed E-state index contributed by atoms with van der Waals surface area (Å²) in [7, 11) is 1.63. The quantitative estimate of drug-likeness (QED) is 0.789. The van der Waals surface area contributed by atoms with E-state index < -0.39 is 0 Å². The lowest BCUT2D eigenvalue weighted by Gasteiger charge is -2.11. The van der Waals surface area contributed by atoms with E-state index in [1.165, 1.54) is 0 Å². The molecule has 0 aliphatic rings. The van der Waals surface area contributed by atoms with Crippen molar-refractivity contribution < 1.29 is 4.74 Å². The van der Waals surface area contributed by atoms with Crippen LogP contribution in [0.15, 0.2) is 6.20 Å². The van der Waals surface area contributed by atoms with Crippen LogP contribution in [0.1, 0.15) is 5.69 Å². The minimum absolute atomic E-state index is 0.0420. The summed E-state index contributed by atoms with van der Waals surface area (Å²) in [6.07, 6.45) is 1.62. The van der Waals surface area contributed by atoms with E-state index in [0.29, 0.717) is 18.2 Å². The number of hydrogen-bond donors (Lipinski definition) is 1. The van der Waals surface area contributed by atoms with Crippen molar-refractivity contribution in [2.45, 2.75) is 19.5 Å². The molecule has 1 heterocycles. The summed E-state index contributed by atoms with van der Waals surface area (Å²) in [6.45, 7) is 3.07. The average Bonchev–Trinajstić information content (AvgIpc) is 2.37. The molecule has 0 spiro atoms. The second kappa shape index (κ2) is 4.60. The standard InChI is InChI=1S/C8H14ClN3O/c1-6-8(9)3-11-12(6)4-7(10)5-13-2/h3,7H,4-5,10H2,1-2H3. The highest BCUT2D eigenvalue weighted by Gasteiger charge is 2.07. The Labute approximate surface area is 82.6 Å². The Bertz CT molecular complexity index is 274. The molecule has 0 aromatic carbocycles. The van der Waals surface area contributed by atoms with Crippen LogP contribution in [0.4, 0.5) is 0 Å². The van der Waals surface area contributed by atoms with Crippen molar-refractivity contribution in [2.24, 2.45) is 5.73 Å². The lowest BCUT2D eigenvalue weighted by atomic mass is 10.3. The molecule has 0 amide bonds. The SMILES string of the molecule is COCC(N)Cn1ncc(Cl)c1C. The second-order valence-corrected chi connectivity index (χ2v) is 3.38. The van der Waals surface area contributed by atoms with Gasteiger partial charge in [0, 0.05) is 13.2 Å². The summed E-state index contributed by atoms with van der Waals surface area (Å²) >= 11 is 5.83. The van der Waals surface area contributed by atoms with E-state index in [1.807, 2.05) is 6.92 Å². The Balaban J connectivity index is 2.58. The van der Waals surface area contributed by atoms with Crippen molar-refractivity contribution in [1.29, 1.82) is 0 Å². The number of nitrogens with two attached hydrogens (primary N) is 1. The molecule has 0 aliphatic carbocycles. The van der Waals surface area contributed by atoms with Crippen molar-refractivity contribution in [3.8, 4) is 0 Å². The lowest BCUT2D eigenvalue weighted by molar-refractivity contribution is 0.172. The molecule has 0 aliphatic heterocycles. The number of halogens is 1. The van der Waals surface area contributed by atoms with Crippen LogP contribution in [-0.2, 0) is 11.3 Å². The maximum atomic E-state index is 5.83. The minimum atomic E-state index is -0.0420. The van der Waals surface area contributed by atoms with Gasteiger partial charge in [0.1, 0.15) is 0 Å². The number of ether oxygens (including phenoxy) is 1. The Hall–Kier alpha value is -0.580. The summed E-state index contributed by atoms with van der Waals surface area (Å²) in [5.41, 5.74) is 6.70. The molecule has 1 aromatic rings. The van der Waals surface area contributed by atoms with Gasteiger partial charge in [0.05, 0.1) is 30.1 Å². The number of aromatic nitrogens is 2. The fourth-order valence-electron chi connectivity index (χ4n) is 1.10. The third kappa shape index (κ3) is 2.69. The third-order valence-electron chi connectivity index (χ3n) is 1.83. The van der Waals surface area contributed by atoms with E-state index in [1.54, 1.807) is 18.0 Å². The van der Waals surface area contributed by atoms with Gasteiger partial charge in [-0.05, 0) is 6.92 Å². The zero-order valence-corrected chi connectivity index (χ0v) is 8.58. The van der Waals surface area contributed by atoms with E-state index in [2.05, 4.69) is 5.10 Å². The van der Waals surface area contributed by atoms with E-state index in [9.17, 15) is 0 Å². The van der Waals surface area contributed by atoms with Crippen LogP contribution in [-0.4, -0.2) is 29.5 Å². The fraction of sp³-hybridized carbons (Fsp3) is 0.625. The van der Waals surface area contributed by atoms with Crippen LogP contribution in [0.3, 0.4) is 0 Å². The second-order valence-electron chi connectivity index (χ2n) is 2.98. The molecule has 1 aromatic heterocycles. The lowest BCUT2D eigenvalue weighted by Crippen LogP contribution is -2.31. The Kier molecular flexibility index (Phi) is 3.71. The molecule has 1 rings (SSSR count). The molecule has 1 unspecified atom stereocenters. The zero-order chi connectivity index (χ0) is 9.84. The first-order chi connectivity index (χ1) is 6.15. The maximum Gasteiger partial charge on any atom is 0.0814 e. The van der Waals surface area contributed by atoms with Crippen molar-refractivity contribution >= 4 is 11.6 Å².